The molecule has 2 aromatic carbocycles. The summed E-state index contributed by atoms with van der Waals surface area (Å²) in [7, 11) is 0. The van der Waals surface area contributed by atoms with Crippen molar-refractivity contribution in [3.05, 3.63) is 71.4 Å². The highest BCUT2D eigenvalue weighted by Gasteiger charge is 2.29. The average molecular weight is 326 g/mol. The van der Waals surface area contributed by atoms with Gasteiger partial charge in [-0.1, -0.05) is 6.07 Å². The van der Waals surface area contributed by atoms with Crippen molar-refractivity contribution >= 4 is 16.8 Å². The number of hydrogen-bond donors (Lipinski definition) is 1. The van der Waals surface area contributed by atoms with Gasteiger partial charge in [0, 0.05) is 41.7 Å². The van der Waals surface area contributed by atoms with Crippen molar-refractivity contribution in [2.45, 2.75) is 12.3 Å². The third-order valence-corrected chi connectivity index (χ3v) is 4.66. The smallest absolute Gasteiger partial charge is 0.253 e. The molecule has 0 radical (unpaired) electrons. The van der Waals surface area contributed by atoms with Crippen LogP contribution in [-0.2, 0) is 0 Å². The van der Waals surface area contributed by atoms with Gasteiger partial charge in [0.2, 0.25) is 0 Å². The number of halogens is 2. The minimum atomic E-state index is -0.407. The lowest BCUT2D eigenvalue weighted by molar-refractivity contribution is 0.0790. The fourth-order valence-corrected chi connectivity index (χ4v) is 3.46. The Balaban J connectivity index is 1.56. The van der Waals surface area contributed by atoms with Gasteiger partial charge in [-0.3, -0.25) is 4.79 Å². The zero-order chi connectivity index (χ0) is 16.7. The van der Waals surface area contributed by atoms with Gasteiger partial charge >= 0.3 is 0 Å². The number of likely N-dealkylation sites (tertiary alicyclic amines) is 1. The van der Waals surface area contributed by atoms with Crippen LogP contribution in [0.1, 0.15) is 28.3 Å². The normalized spacial score (nSPS) is 17.6. The van der Waals surface area contributed by atoms with Gasteiger partial charge in [-0.15, -0.1) is 0 Å². The number of amides is 1. The van der Waals surface area contributed by atoms with Crippen LogP contribution >= 0.6 is 0 Å². The van der Waals surface area contributed by atoms with Crippen molar-refractivity contribution in [3.8, 4) is 0 Å². The summed E-state index contributed by atoms with van der Waals surface area (Å²) in [6, 6.07) is 10.5. The zero-order valence-corrected chi connectivity index (χ0v) is 12.9. The number of carbonyl (C=O) groups excluding carboxylic acids is 1. The topological polar surface area (TPSA) is 36.1 Å². The first-order chi connectivity index (χ1) is 11.6. The summed E-state index contributed by atoms with van der Waals surface area (Å²) < 4.78 is 26.6. The maximum Gasteiger partial charge on any atom is 0.253 e. The average Bonchev–Trinajstić information content (AvgIpc) is 3.20. The van der Waals surface area contributed by atoms with E-state index >= 15 is 0 Å². The van der Waals surface area contributed by atoms with Crippen LogP contribution < -0.4 is 0 Å². The van der Waals surface area contributed by atoms with Crippen molar-refractivity contribution in [1.82, 2.24) is 9.88 Å². The second-order valence-corrected chi connectivity index (χ2v) is 6.18. The summed E-state index contributed by atoms with van der Waals surface area (Å²) in [5.41, 5.74) is 2.23. The highest BCUT2D eigenvalue weighted by Crippen LogP contribution is 2.33. The summed E-state index contributed by atoms with van der Waals surface area (Å²) in [5.74, 6) is -0.634. The zero-order valence-electron chi connectivity index (χ0n) is 12.9. The van der Waals surface area contributed by atoms with Crippen LogP contribution in [-0.4, -0.2) is 28.9 Å². The molecule has 0 bridgehead atoms. The molecule has 0 saturated carbocycles. The highest BCUT2D eigenvalue weighted by molar-refractivity contribution is 5.94. The molecule has 1 amide bonds. The molecule has 2 heterocycles. The molecule has 1 aliphatic rings. The summed E-state index contributed by atoms with van der Waals surface area (Å²) in [5, 5.41) is 0.987. The monoisotopic (exact) mass is 326 g/mol. The van der Waals surface area contributed by atoms with E-state index in [-0.39, 0.29) is 17.6 Å². The molecule has 1 atom stereocenters. The second-order valence-electron chi connectivity index (χ2n) is 6.18. The van der Waals surface area contributed by atoms with Crippen LogP contribution in [0.25, 0.3) is 10.9 Å². The molecule has 1 N–H and O–H groups in total. The first kappa shape index (κ1) is 14.9. The molecule has 1 saturated heterocycles. The first-order valence-corrected chi connectivity index (χ1v) is 7.93. The molecular weight excluding hydrogens is 310 g/mol. The molecule has 1 aliphatic heterocycles. The predicted molar refractivity (Wildman–Crippen MR) is 87.9 cm³/mol. The van der Waals surface area contributed by atoms with Gasteiger partial charge in [-0.2, -0.15) is 0 Å². The number of nitrogens with one attached hydrogen (secondary N) is 1. The summed E-state index contributed by atoms with van der Waals surface area (Å²) in [4.78, 5) is 17.4. The van der Waals surface area contributed by atoms with Crippen molar-refractivity contribution in [3.63, 3.8) is 0 Å². The molecule has 5 heteroatoms. The standard InChI is InChI=1S/C19H16F2N2O/c20-14-3-1-2-12(8-14)19(24)23-7-6-13(11-23)17-10-22-18-9-15(21)4-5-16(17)18/h1-5,8-10,13,22H,6-7,11H2. The number of benzene rings is 2. The number of nitrogens with zero attached hydrogens (tertiary/aromatic N) is 1. The highest BCUT2D eigenvalue weighted by atomic mass is 19.1. The van der Waals surface area contributed by atoms with Crippen LogP contribution in [0.4, 0.5) is 8.78 Å². The van der Waals surface area contributed by atoms with Crippen molar-refractivity contribution < 1.29 is 13.6 Å². The van der Waals surface area contributed by atoms with E-state index < -0.39 is 5.82 Å². The Morgan fingerprint density at radius 2 is 1.96 bits per heavy atom. The first-order valence-electron chi connectivity index (χ1n) is 7.93. The van der Waals surface area contributed by atoms with E-state index in [1.165, 1.54) is 24.3 Å². The molecular formula is C19H16F2N2O. The van der Waals surface area contributed by atoms with E-state index in [1.54, 1.807) is 23.1 Å². The summed E-state index contributed by atoms with van der Waals surface area (Å²) in [6.45, 7) is 1.22. The van der Waals surface area contributed by atoms with E-state index in [0.29, 0.717) is 18.7 Å². The van der Waals surface area contributed by atoms with E-state index in [4.69, 9.17) is 0 Å². The SMILES string of the molecule is O=C(c1cccc(F)c1)N1CCC(c2c[nH]c3cc(F)ccc23)C1. The molecule has 1 unspecified atom stereocenters. The lowest BCUT2D eigenvalue weighted by Crippen LogP contribution is -2.28. The molecule has 24 heavy (non-hydrogen) atoms. The van der Waals surface area contributed by atoms with Gasteiger partial charge in [-0.05, 0) is 48.4 Å². The molecule has 4 rings (SSSR count). The van der Waals surface area contributed by atoms with E-state index in [1.807, 2.05) is 6.20 Å². The quantitative estimate of drug-likeness (QED) is 0.757. The van der Waals surface area contributed by atoms with Crippen LogP contribution in [0.2, 0.25) is 0 Å². The van der Waals surface area contributed by atoms with Crippen molar-refractivity contribution in [1.29, 1.82) is 0 Å². The van der Waals surface area contributed by atoms with Crippen LogP contribution in [0, 0.1) is 11.6 Å². The number of rotatable bonds is 2. The summed E-state index contributed by atoms with van der Waals surface area (Å²) in [6.07, 6.45) is 2.73. The molecule has 3 nitrogen and oxygen atoms in total. The Morgan fingerprint density at radius 3 is 2.79 bits per heavy atom. The Morgan fingerprint density at radius 1 is 1.12 bits per heavy atom. The van der Waals surface area contributed by atoms with E-state index in [2.05, 4.69) is 4.98 Å². The third-order valence-electron chi connectivity index (χ3n) is 4.66. The Hall–Kier alpha value is -2.69. The number of aromatic amines is 1. The molecule has 1 aromatic heterocycles. The van der Waals surface area contributed by atoms with E-state index in [9.17, 15) is 13.6 Å². The number of carbonyl (C=O) groups is 1. The van der Waals surface area contributed by atoms with Gasteiger partial charge in [0.25, 0.3) is 5.91 Å². The summed E-state index contributed by atoms with van der Waals surface area (Å²) >= 11 is 0. The molecule has 122 valence electrons. The number of aromatic nitrogens is 1. The Bertz CT molecular complexity index is 919. The minimum absolute atomic E-state index is 0.150. The lowest BCUT2D eigenvalue weighted by Gasteiger charge is -2.16. The Kier molecular flexibility index (Phi) is 3.56. The number of fused-ring (bicyclic) bond motifs is 1. The van der Waals surface area contributed by atoms with Crippen LogP contribution in [0.15, 0.2) is 48.7 Å². The fourth-order valence-electron chi connectivity index (χ4n) is 3.46. The maximum atomic E-state index is 13.3. The fraction of sp³-hybridized carbons (Fsp3) is 0.211. The van der Waals surface area contributed by atoms with Gasteiger partial charge < -0.3 is 9.88 Å². The molecule has 3 aromatic rings. The molecule has 1 fully saturated rings. The number of hydrogen-bond acceptors (Lipinski definition) is 1. The van der Waals surface area contributed by atoms with Crippen LogP contribution in [0.5, 0.6) is 0 Å². The van der Waals surface area contributed by atoms with Gasteiger partial charge in [0.15, 0.2) is 0 Å². The van der Waals surface area contributed by atoms with E-state index in [0.717, 1.165) is 22.9 Å². The molecule has 0 aliphatic carbocycles. The van der Waals surface area contributed by atoms with Gasteiger partial charge in [0.05, 0.1) is 0 Å². The lowest BCUT2D eigenvalue weighted by atomic mass is 9.98. The largest absolute Gasteiger partial charge is 0.361 e. The molecule has 0 spiro atoms. The minimum Gasteiger partial charge on any atom is -0.361 e. The maximum absolute atomic E-state index is 13.3. The predicted octanol–water partition coefficient (Wildman–Crippen LogP) is 4.08. The van der Waals surface area contributed by atoms with Crippen molar-refractivity contribution in [2.75, 3.05) is 13.1 Å². The van der Waals surface area contributed by atoms with Gasteiger partial charge in [0.1, 0.15) is 11.6 Å². The second kappa shape index (κ2) is 5.74. The Labute approximate surface area is 137 Å². The third kappa shape index (κ3) is 2.56. The number of H-pyrrole nitrogens is 1. The van der Waals surface area contributed by atoms with Gasteiger partial charge in [-0.25, -0.2) is 8.78 Å². The van der Waals surface area contributed by atoms with Crippen LogP contribution in [0.3, 0.4) is 0 Å². The van der Waals surface area contributed by atoms with Crippen molar-refractivity contribution in [2.24, 2.45) is 0 Å².